The quantitative estimate of drug-likeness (QED) is 0.825. The van der Waals surface area contributed by atoms with Crippen molar-refractivity contribution in [1.29, 1.82) is 0 Å². The fraction of sp³-hybridized carbons (Fsp3) is 0.571. The third-order valence-corrected chi connectivity index (χ3v) is 2.90. The Morgan fingerprint density at radius 2 is 1.81 bits per heavy atom. The van der Waals surface area contributed by atoms with E-state index in [1.807, 2.05) is 32.0 Å². The second-order valence-corrected chi connectivity index (χ2v) is 4.62. The van der Waals surface area contributed by atoms with Gasteiger partial charge in [-0.25, -0.2) is 0 Å². The van der Waals surface area contributed by atoms with Gasteiger partial charge in [0.05, 0.1) is 6.10 Å². The van der Waals surface area contributed by atoms with Gasteiger partial charge in [0.1, 0.15) is 5.75 Å². The highest BCUT2D eigenvalue weighted by Gasteiger charge is 2.17. The fourth-order valence-electron chi connectivity index (χ4n) is 1.68. The maximum absolute atomic E-state index is 6.25. The molecule has 1 aromatic carbocycles. The Morgan fingerprint density at radius 3 is 2.38 bits per heavy atom. The number of para-hydroxylation sites is 1. The Kier molecular flexibility index (Phi) is 4.81. The Balaban J connectivity index is 2.93. The summed E-state index contributed by atoms with van der Waals surface area (Å²) in [5.41, 5.74) is 7.36. The van der Waals surface area contributed by atoms with Crippen LogP contribution in [-0.2, 0) is 0 Å². The van der Waals surface area contributed by atoms with Gasteiger partial charge in [0.15, 0.2) is 0 Å². The highest BCUT2D eigenvalue weighted by Crippen LogP contribution is 2.30. The number of hydrogen-bond acceptors (Lipinski definition) is 2. The van der Waals surface area contributed by atoms with Crippen LogP contribution in [-0.4, -0.2) is 6.10 Å². The molecule has 0 saturated carbocycles. The Morgan fingerprint density at radius 1 is 1.19 bits per heavy atom. The van der Waals surface area contributed by atoms with Crippen LogP contribution in [0.25, 0.3) is 0 Å². The van der Waals surface area contributed by atoms with E-state index in [0.29, 0.717) is 5.92 Å². The first-order valence-corrected chi connectivity index (χ1v) is 6.07. The van der Waals surface area contributed by atoms with Gasteiger partial charge in [-0.3, -0.25) is 0 Å². The summed E-state index contributed by atoms with van der Waals surface area (Å²) in [6.45, 7) is 8.41. The Bertz CT molecular complexity index is 322. The van der Waals surface area contributed by atoms with Gasteiger partial charge in [-0.1, -0.05) is 38.5 Å². The molecule has 2 atom stereocenters. The van der Waals surface area contributed by atoms with E-state index >= 15 is 0 Å². The molecule has 0 bridgehead atoms. The first kappa shape index (κ1) is 13.0. The normalized spacial score (nSPS) is 14.9. The first-order chi connectivity index (χ1) is 7.56. The second kappa shape index (κ2) is 5.90. The highest BCUT2D eigenvalue weighted by atomic mass is 16.5. The van der Waals surface area contributed by atoms with Crippen LogP contribution in [0.2, 0.25) is 0 Å². The highest BCUT2D eigenvalue weighted by molar-refractivity contribution is 5.36. The molecular formula is C14H23NO. The van der Waals surface area contributed by atoms with Gasteiger partial charge in [-0.05, 0) is 25.8 Å². The summed E-state index contributed by atoms with van der Waals surface area (Å²) in [6.07, 6.45) is 1.27. The zero-order chi connectivity index (χ0) is 12.1. The van der Waals surface area contributed by atoms with Crippen molar-refractivity contribution in [3.8, 4) is 5.75 Å². The minimum absolute atomic E-state index is 0.0555. The van der Waals surface area contributed by atoms with Crippen molar-refractivity contribution in [1.82, 2.24) is 0 Å². The minimum Gasteiger partial charge on any atom is -0.491 e. The van der Waals surface area contributed by atoms with Crippen LogP contribution in [0.4, 0.5) is 0 Å². The van der Waals surface area contributed by atoms with Gasteiger partial charge in [0, 0.05) is 11.6 Å². The summed E-state index contributed by atoms with van der Waals surface area (Å²) in [5.74, 6) is 1.39. The maximum atomic E-state index is 6.25. The molecule has 0 fully saturated rings. The van der Waals surface area contributed by atoms with Gasteiger partial charge >= 0.3 is 0 Å². The van der Waals surface area contributed by atoms with E-state index in [9.17, 15) is 0 Å². The Hall–Kier alpha value is -1.02. The molecule has 0 heterocycles. The first-order valence-electron chi connectivity index (χ1n) is 6.07. The largest absolute Gasteiger partial charge is 0.491 e. The maximum Gasteiger partial charge on any atom is 0.124 e. The third-order valence-electron chi connectivity index (χ3n) is 2.90. The van der Waals surface area contributed by atoms with Crippen LogP contribution in [0.15, 0.2) is 24.3 Å². The van der Waals surface area contributed by atoms with E-state index in [1.165, 1.54) is 0 Å². The van der Waals surface area contributed by atoms with Gasteiger partial charge < -0.3 is 10.5 Å². The molecule has 0 aliphatic carbocycles. The number of nitrogens with two attached hydrogens (primary N) is 1. The molecule has 0 spiro atoms. The summed E-state index contributed by atoms with van der Waals surface area (Å²) in [5, 5.41) is 0. The molecule has 2 heteroatoms. The lowest BCUT2D eigenvalue weighted by Gasteiger charge is -2.22. The molecule has 90 valence electrons. The number of rotatable bonds is 5. The summed E-state index contributed by atoms with van der Waals surface area (Å²) in [7, 11) is 0. The van der Waals surface area contributed by atoms with Crippen molar-refractivity contribution >= 4 is 0 Å². The summed E-state index contributed by atoms with van der Waals surface area (Å²) < 4.78 is 5.78. The Labute approximate surface area is 98.8 Å². The molecule has 0 aliphatic rings. The fourth-order valence-corrected chi connectivity index (χ4v) is 1.68. The van der Waals surface area contributed by atoms with Crippen molar-refractivity contribution in [3.05, 3.63) is 29.8 Å². The molecule has 0 radical (unpaired) electrons. The van der Waals surface area contributed by atoms with Gasteiger partial charge in [-0.2, -0.15) is 0 Å². The van der Waals surface area contributed by atoms with Crippen LogP contribution in [0, 0.1) is 5.92 Å². The average molecular weight is 221 g/mol. The van der Waals surface area contributed by atoms with Crippen LogP contribution in [0.5, 0.6) is 5.75 Å². The zero-order valence-electron chi connectivity index (χ0n) is 10.7. The van der Waals surface area contributed by atoms with E-state index < -0.39 is 0 Å². The van der Waals surface area contributed by atoms with Crippen molar-refractivity contribution in [3.63, 3.8) is 0 Å². The number of hydrogen-bond donors (Lipinski definition) is 1. The predicted molar refractivity (Wildman–Crippen MR) is 68.6 cm³/mol. The topological polar surface area (TPSA) is 35.2 Å². The van der Waals surface area contributed by atoms with Gasteiger partial charge in [0.25, 0.3) is 0 Å². The lowest BCUT2D eigenvalue weighted by Crippen LogP contribution is -2.20. The van der Waals surface area contributed by atoms with Crippen LogP contribution in [0.1, 0.15) is 45.7 Å². The van der Waals surface area contributed by atoms with Crippen molar-refractivity contribution in [2.45, 2.75) is 46.3 Å². The number of ether oxygens (including phenoxy) is 1. The zero-order valence-corrected chi connectivity index (χ0v) is 10.7. The van der Waals surface area contributed by atoms with Crippen LogP contribution >= 0.6 is 0 Å². The van der Waals surface area contributed by atoms with E-state index in [1.54, 1.807) is 0 Å². The molecule has 0 saturated heterocycles. The van der Waals surface area contributed by atoms with Crippen molar-refractivity contribution < 1.29 is 4.74 Å². The molecule has 0 aliphatic heterocycles. The van der Waals surface area contributed by atoms with Crippen LogP contribution < -0.4 is 10.5 Å². The van der Waals surface area contributed by atoms with E-state index in [4.69, 9.17) is 10.5 Å². The molecular weight excluding hydrogens is 198 g/mol. The molecule has 1 rings (SSSR count). The SMILES string of the molecule is CCC(C)C(N)c1ccccc1OC(C)C. The molecule has 1 aromatic rings. The van der Waals surface area contributed by atoms with E-state index in [-0.39, 0.29) is 12.1 Å². The number of benzene rings is 1. The molecule has 2 N–H and O–H groups in total. The third kappa shape index (κ3) is 3.24. The average Bonchev–Trinajstić information content (AvgIpc) is 2.27. The van der Waals surface area contributed by atoms with E-state index in [0.717, 1.165) is 17.7 Å². The second-order valence-electron chi connectivity index (χ2n) is 4.62. The molecule has 0 amide bonds. The van der Waals surface area contributed by atoms with Crippen LogP contribution in [0.3, 0.4) is 0 Å². The van der Waals surface area contributed by atoms with Crippen molar-refractivity contribution in [2.75, 3.05) is 0 Å². The lowest BCUT2D eigenvalue weighted by molar-refractivity contribution is 0.236. The smallest absolute Gasteiger partial charge is 0.124 e. The molecule has 0 aromatic heterocycles. The monoisotopic (exact) mass is 221 g/mol. The van der Waals surface area contributed by atoms with Crippen molar-refractivity contribution in [2.24, 2.45) is 11.7 Å². The van der Waals surface area contributed by atoms with Gasteiger partial charge in [-0.15, -0.1) is 0 Å². The summed E-state index contributed by atoms with van der Waals surface area (Å²) in [6, 6.07) is 8.13. The standard InChI is InChI=1S/C14H23NO/c1-5-11(4)14(15)12-8-6-7-9-13(12)16-10(2)3/h6-11,14H,5,15H2,1-4H3. The summed E-state index contributed by atoms with van der Waals surface area (Å²) in [4.78, 5) is 0. The van der Waals surface area contributed by atoms with E-state index in [2.05, 4.69) is 19.9 Å². The molecule has 2 unspecified atom stereocenters. The molecule has 16 heavy (non-hydrogen) atoms. The summed E-state index contributed by atoms with van der Waals surface area (Å²) >= 11 is 0. The lowest BCUT2D eigenvalue weighted by atomic mass is 9.93. The molecule has 2 nitrogen and oxygen atoms in total. The minimum atomic E-state index is 0.0555. The van der Waals surface area contributed by atoms with Gasteiger partial charge in [0.2, 0.25) is 0 Å². The predicted octanol–water partition coefficient (Wildman–Crippen LogP) is 3.52.